The van der Waals surface area contributed by atoms with Crippen molar-refractivity contribution < 1.29 is 4.39 Å². The Balaban J connectivity index is 1.83. The number of nitrogens with zero attached hydrogens (tertiary/aromatic N) is 2. The molecular formula is C25H27FN4. The Labute approximate surface area is 176 Å². The maximum Gasteiger partial charge on any atom is 0.117 e. The average molecular weight is 403 g/mol. The van der Waals surface area contributed by atoms with Crippen molar-refractivity contribution >= 4 is 5.57 Å². The molecule has 0 spiro atoms. The van der Waals surface area contributed by atoms with Gasteiger partial charge in [0.05, 0.1) is 27.9 Å². The van der Waals surface area contributed by atoms with Crippen LogP contribution in [0, 0.1) is 0 Å². The summed E-state index contributed by atoms with van der Waals surface area (Å²) in [7, 11) is 0. The number of nitrogens with one attached hydrogen (secondary N) is 2. The fraction of sp³-hybridized carbons (Fsp3) is 0.400. The Hall–Kier alpha value is -2.66. The lowest BCUT2D eigenvalue weighted by Gasteiger charge is -2.46. The highest BCUT2D eigenvalue weighted by Gasteiger charge is 2.54. The van der Waals surface area contributed by atoms with E-state index in [0.717, 1.165) is 65.4 Å². The van der Waals surface area contributed by atoms with E-state index in [4.69, 9.17) is 5.10 Å². The van der Waals surface area contributed by atoms with Gasteiger partial charge in [0.15, 0.2) is 0 Å². The third-order valence-corrected chi connectivity index (χ3v) is 7.54. The summed E-state index contributed by atoms with van der Waals surface area (Å²) in [6.45, 7) is 10.0. The standard InChI is InChI=1S/C25H27FN4/c1-5-14-7-6-8-15-19-21(26)24(2,3)22-17(9-12-28-22)25(19,4)23-16-13-27-11-10-18(16)29-30(23)20(14)15/h6-9,12,27-28H,5,10-11,13H2,1-4H3. The highest BCUT2D eigenvalue weighted by atomic mass is 19.1. The topological polar surface area (TPSA) is 45.6 Å². The fourth-order valence-electron chi connectivity index (χ4n) is 6.02. The molecular weight excluding hydrogens is 375 g/mol. The van der Waals surface area contributed by atoms with Crippen LogP contribution in [0.2, 0.25) is 0 Å². The molecule has 1 aromatic carbocycles. The lowest BCUT2D eigenvalue weighted by molar-refractivity contribution is 0.418. The van der Waals surface area contributed by atoms with E-state index in [1.165, 1.54) is 11.1 Å². The van der Waals surface area contributed by atoms with Gasteiger partial charge >= 0.3 is 0 Å². The Bertz CT molecular complexity index is 1240. The van der Waals surface area contributed by atoms with Crippen LogP contribution in [0.1, 0.15) is 67.0 Å². The summed E-state index contributed by atoms with van der Waals surface area (Å²) in [5.41, 5.74) is 8.39. The van der Waals surface area contributed by atoms with E-state index >= 15 is 4.39 Å². The van der Waals surface area contributed by atoms with Crippen LogP contribution in [-0.2, 0) is 30.2 Å². The Morgan fingerprint density at radius 3 is 2.83 bits per heavy atom. The smallest absolute Gasteiger partial charge is 0.117 e. The third-order valence-electron chi connectivity index (χ3n) is 7.54. The van der Waals surface area contributed by atoms with Crippen LogP contribution < -0.4 is 5.32 Å². The highest BCUT2D eigenvalue weighted by Crippen LogP contribution is 2.60. The molecule has 0 saturated heterocycles. The predicted octanol–water partition coefficient (Wildman–Crippen LogP) is 4.70. The fourth-order valence-corrected chi connectivity index (χ4v) is 6.02. The molecule has 30 heavy (non-hydrogen) atoms. The van der Waals surface area contributed by atoms with Crippen LogP contribution in [-0.4, -0.2) is 21.3 Å². The zero-order valence-corrected chi connectivity index (χ0v) is 18.0. The van der Waals surface area contributed by atoms with Gasteiger partial charge in [-0.2, -0.15) is 5.10 Å². The van der Waals surface area contributed by atoms with Crippen LogP contribution in [0.15, 0.2) is 36.3 Å². The summed E-state index contributed by atoms with van der Waals surface area (Å²) in [6, 6.07) is 8.43. The minimum Gasteiger partial charge on any atom is -0.364 e. The molecule has 0 radical (unpaired) electrons. The van der Waals surface area contributed by atoms with Crippen LogP contribution in [0.3, 0.4) is 0 Å². The van der Waals surface area contributed by atoms with Crippen LogP contribution in [0.5, 0.6) is 0 Å². The van der Waals surface area contributed by atoms with Crippen LogP contribution >= 0.6 is 0 Å². The first-order chi connectivity index (χ1) is 14.4. The third kappa shape index (κ3) is 1.92. The van der Waals surface area contributed by atoms with Crippen LogP contribution in [0.4, 0.5) is 4.39 Å². The number of aryl methyl sites for hydroxylation is 1. The predicted molar refractivity (Wildman–Crippen MR) is 117 cm³/mol. The lowest BCUT2D eigenvalue weighted by atomic mass is 9.59. The maximum absolute atomic E-state index is 16.5. The number of aromatic amines is 1. The number of para-hydroxylation sites is 1. The summed E-state index contributed by atoms with van der Waals surface area (Å²) in [4.78, 5) is 3.37. The van der Waals surface area contributed by atoms with Gasteiger partial charge in [0.1, 0.15) is 5.83 Å². The van der Waals surface area contributed by atoms with E-state index in [1.54, 1.807) is 0 Å². The zero-order chi connectivity index (χ0) is 20.8. The van der Waals surface area contributed by atoms with Gasteiger partial charge in [-0.3, -0.25) is 0 Å². The maximum atomic E-state index is 16.5. The normalized spacial score (nSPS) is 23.4. The molecule has 1 unspecified atom stereocenters. The second kappa shape index (κ2) is 5.73. The first-order valence-corrected chi connectivity index (χ1v) is 10.9. The summed E-state index contributed by atoms with van der Waals surface area (Å²) < 4.78 is 18.6. The number of allylic oxidation sites excluding steroid dienone is 2. The van der Waals surface area contributed by atoms with Crippen molar-refractivity contribution in [3.05, 3.63) is 75.6 Å². The van der Waals surface area contributed by atoms with Gasteiger partial charge in [-0.1, -0.05) is 25.1 Å². The van der Waals surface area contributed by atoms with E-state index in [9.17, 15) is 0 Å². The zero-order valence-electron chi connectivity index (χ0n) is 18.0. The SMILES string of the molecule is CCc1cccc2c1-n1nc3c(c1C1(C)C2=C(F)C(C)(C)c2[nH]ccc21)CNCC3. The van der Waals surface area contributed by atoms with Crippen molar-refractivity contribution in [3.63, 3.8) is 0 Å². The first-order valence-electron chi connectivity index (χ1n) is 10.9. The Kier molecular flexibility index (Phi) is 3.46. The molecule has 0 amide bonds. The molecule has 2 aromatic heterocycles. The van der Waals surface area contributed by atoms with Crippen molar-refractivity contribution in [3.8, 4) is 5.69 Å². The monoisotopic (exact) mass is 402 g/mol. The average Bonchev–Trinajstić information content (AvgIpc) is 3.38. The molecule has 5 heteroatoms. The number of halogens is 1. The molecule has 154 valence electrons. The number of benzene rings is 1. The van der Waals surface area contributed by atoms with Crippen molar-refractivity contribution in [2.24, 2.45) is 0 Å². The Morgan fingerprint density at radius 1 is 1.20 bits per heavy atom. The molecule has 6 rings (SSSR count). The molecule has 4 heterocycles. The van der Waals surface area contributed by atoms with Crippen molar-refractivity contribution in [2.75, 3.05) is 6.54 Å². The lowest BCUT2D eigenvalue weighted by Crippen LogP contribution is -2.42. The molecule has 1 atom stereocenters. The van der Waals surface area contributed by atoms with Crippen LogP contribution in [0.25, 0.3) is 11.3 Å². The van der Waals surface area contributed by atoms with Gasteiger partial charge in [-0.25, -0.2) is 9.07 Å². The number of H-pyrrole nitrogens is 1. The summed E-state index contributed by atoms with van der Waals surface area (Å²) in [5, 5.41) is 8.63. The van der Waals surface area contributed by atoms with E-state index < -0.39 is 10.8 Å². The van der Waals surface area contributed by atoms with Gasteiger partial charge in [-0.15, -0.1) is 0 Å². The highest BCUT2D eigenvalue weighted by molar-refractivity contribution is 5.91. The van der Waals surface area contributed by atoms with E-state index in [2.05, 4.69) is 53.1 Å². The number of aromatic nitrogens is 3. The van der Waals surface area contributed by atoms with Gasteiger partial charge < -0.3 is 10.3 Å². The molecule has 3 aromatic rings. The molecule has 0 fully saturated rings. The molecule has 3 aliphatic rings. The summed E-state index contributed by atoms with van der Waals surface area (Å²) >= 11 is 0. The minimum atomic E-state index is -0.701. The summed E-state index contributed by atoms with van der Waals surface area (Å²) in [5.74, 6) is -0.0422. The number of hydrogen-bond acceptors (Lipinski definition) is 2. The Morgan fingerprint density at radius 2 is 2.03 bits per heavy atom. The van der Waals surface area contributed by atoms with Gasteiger partial charge in [0.2, 0.25) is 0 Å². The van der Waals surface area contributed by atoms with Gasteiger partial charge in [-0.05, 0) is 44.4 Å². The van der Waals surface area contributed by atoms with E-state index in [0.29, 0.717) is 0 Å². The molecule has 0 bridgehead atoms. The quantitative estimate of drug-likeness (QED) is 0.620. The largest absolute Gasteiger partial charge is 0.364 e. The number of hydrogen-bond donors (Lipinski definition) is 2. The number of fused-ring (bicyclic) bond motifs is 10. The molecule has 2 aliphatic heterocycles. The van der Waals surface area contributed by atoms with Gasteiger partial charge in [0.25, 0.3) is 0 Å². The van der Waals surface area contributed by atoms with Crippen molar-refractivity contribution in [1.82, 2.24) is 20.1 Å². The summed E-state index contributed by atoms with van der Waals surface area (Å²) in [6.07, 6.45) is 3.75. The van der Waals surface area contributed by atoms with Crippen molar-refractivity contribution in [2.45, 2.75) is 57.9 Å². The second-order valence-corrected chi connectivity index (χ2v) is 9.48. The van der Waals surface area contributed by atoms with Gasteiger partial charge in [0, 0.05) is 48.1 Å². The first kappa shape index (κ1) is 18.1. The number of rotatable bonds is 1. The van der Waals surface area contributed by atoms with E-state index in [1.807, 2.05) is 20.0 Å². The molecule has 1 aliphatic carbocycles. The molecule has 0 saturated carbocycles. The molecule has 4 nitrogen and oxygen atoms in total. The minimum absolute atomic E-state index is 0.0422. The molecule has 2 N–H and O–H groups in total. The van der Waals surface area contributed by atoms with E-state index in [-0.39, 0.29) is 5.83 Å². The van der Waals surface area contributed by atoms with Crippen molar-refractivity contribution in [1.29, 1.82) is 0 Å². The second-order valence-electron chi connectivity index (χ2n) is 9.48.